The fourth-order valence-corrected chi connectivity index (χ4v) is 4.76. The third-order valence-electron chi connectivity index (χ3n) is 5.77. The van der Waals surface area contributed by atoms with Gasteiger partial charge in [-0.1, -0.05) is 47.7 Å². The molecule has 2 aromatic carbocycles. The van der Waals surface area contributed by atoms with E-state index in [1.54, 1.807) is 13.3 Å². The van der Waals surface area contributed by atoms with Crippen molar-refractivity contribution in [2.45, 2.75) is 6.92 Å². The number of aryl methyl sites for hydroxylation is 1. The molecule has 2 aromatic heterocycles. The first-order valence-electron chi connectivity index (χ1n) is 10.8. The zero-order valence-corrected chi connectivity index (χ0v) is 19.3. The molecule has 0 spiro atoms. The lowest BCUT2D eigenvalue weighted by atomic mass is 10.1. The topological polar surface area (TPSA) is 83.5 Å². The summed E-state index contributed by atoms with van der Waals surface area (Å²) in [6, 6.07) is 16.0. The molecule has 168 valence electrons. The Morgan fingerprint density at radius 2 is 1.67 bits per heavy atom. The highest BCUT2D eigenvalue weighted by atomic mass is 32.1. The largest absolute Gasteiger partial charge is 0.495 e. The van der Waals surface area contributed by atoms with Crippen LogP contribution in [-0.4, -0.2) is 54.4 Å². The number of hydrogen-bond acceptors (Lipinski definition) is 8. The van der Waals surface area contributed by atoms with Gasteiger partial charge in [-0.3, -0.25) is 10.1 Å². The van der Waals surface area contributed by atoms with Crippen molar-refractivity contribution in [1.82, 2.24) is 15.2 Å². The summed E-state index contributed by atoms with van der Waals surface area (Å²) in [6.07, 6.45) is 1.66. The van der Waals surface area contributed by atoms with Gasteiger partial charge in [0.15, 0.2) is 0 Å². The van der Waals surface area contributed by atoms with Gasteiger partial charge in [0, 0.05) is 37.8 Å². The molecule has 0 unspecified atom stereocenters. The second-order valence-electron chi connectivity index (χ2n) is 7.77. The van der Waals surface area contributed by atoms with Crippen molar-refractivity contribution in [3.63, 3.8) is 0 Å². The van der Waals surface area contributed by atoms with Crippen molar-refractivity contribution in [2.24, 2.45) is 0 Å². The summed E-state index contributed by atoms with van der Waals surface area (Å²) in [5.74, 6) is 1.55. The molecule has 3 heterocycles. The lowest BCUT2D eigenvalue weighted by Gasteiger charge is -2.37. The van der Waals surface area contributed by atoms with E-state index < -0.39 is 0 Å². The van der Waals surface area contributed by atoms with Gasteiger partial charge in [-0.15, -0.1) is 10.2 Å². The minimum absolute atomic E-state index is 0.234. The normalized spacial score (nSPS) is 13.9. The smallest absolute Gasteiger partial charge is 0.259 e. The predicted octanol–water partition coefficient (Wildman–Crippen LogP) is 3.98. The van der Waals surface area contributed by atoms with Crippen LogP contribution in [0.5, 0.6) is 5.75 Å². The van der Waals surface area contributed by atoms with Crippen molar-refractivity contribution < 1.29 is 9.53 Å². The highest BCUT2D eigenvalue weighted by Crippen LogP contribution is 2.32. The molecule has 0 radical (unpaired) electrons. The zero-order valence-electron chi connectivity index (χ0n) is 18.5. The molecule has 33 heavy (non-hydrogen) atoms. The molecule has 1 amide bonds. The Bertz CT molecular complexity index is 1300. The molecule has 0 saturated carbocycles. The molecule has 1 saturated heterocycles. The number of fused-ring (bicyclic) bond motifs is 1. The van der Waals surface area contributed by atoms with Gasteiger partial charge in [0.05, 0.1) is 18.4 Å². The molecule has 1 aliphatic heterocycles. The summed E-state index contributed by atoms with van der Waals surface area (Å²) in [7, 11) is 1.70. The Kier molecular flexibility index (Phi) is 5.78. The number of para-hydroxylation sites is 2. The number of piperazine rings is 1. The van der Waals surface area contributed by atoms with E-state index in [1.807, 2.05) is 49.4 Å². The highest BCUT2D eigenvalue weighted by Gasteiger charge is 2.23. The van der Waals surface area contributed by atoms with Crippen molar-refractivity contribution in [3.05, 3.63) is 65.3 Å². The van der Waals surface area contributed by atoms with Crippen LogP contribution in [0.2, 0.25) is 0 Å². The van der Waals surface area contributed by atoms with Crippen LogP contribution in [0.3, 0.4) is 0 Å². The van der Waals surface area contributed by atoms with Crippen LogP contribution in [0, 0.1) is 6.92 Å². The Labute approximate surface area is 195 Å². The minimum Gasteiger partial charge on any atom is -0.495 e. The van der Waals surface area contributed by atoms with Gasteiger partial charge in [-0.2, -0.15) is 0 Å². The monoisotopic (exact) mass is 460 g/mol. The number of anilines is 3. The maximum absolute atomic E-state index is 12.9. The van der Waals surface area contributed by atoms with E-state index in [-0.39, 0.29) is 5.91 Å². The lowest BCUT2D eigenvalue weighted by molar-refractivity contribution is 0.102. The first kappa shape index (κ1) is 21.1. The standard InChI is InChI=1S/C24H24N6O2S/c1-16-27-28-24(33-16)26-23(31)19-15-25-22(18-8-4-3-7-17(18)19)30-13-11-29(12-14-30)20-9-5-6-10-21(20)32-2/h3-10,15H,11-14H2,1-2H3,(H,26,28,31). The Morgan fingerprint density at radius 3 is 2.39 bits per heavy atom. The quantitative estimate of drug-likeness (QED) is 0.482. The number of nitrogens with zero attached hydrogens (tertiary/aromatic N) is 5. The van der Waals surface area contributed by atoms with Gasteiger partial charge in [0.2, 0.25) is 5.13 Å². The van der Waals surface area contributed by atoms with Gasteiger partial charge in [-0.25, -0.2) is 4.98 Å². The van der Waals surface area contributed by atoms with Crippen LogP contribution in [0.25, 0.3) is 10.8 Å². The van der Waals surface area contributed by atoms with Gasteiger partial charge in [0.25, 0.3) is 5.91 Å². The molecule has 5 rings (SSSR count). The summed E-state index contributed by atoms with van der Waals surface area (Å²) >= 11 is 1.35. The van der Waals surface area contributed by atoms with Gasteiger partial charge < -0.3 is 14.5 Å². The minimum atomic E-state index is -0.234. The van der Waals surface area contributed by atoms with Crippen LogP contribution < -0.4 is 19.9 Å². The molecule has 9 heteroatoms. The molecule has 8 nitrogen and oxygen atoms in total. The van der Waals surface area contributed by atoms with E-state index in [2.05, 4.69) is 31.4 Å². The molecule has 0 atom stereocenters. The average Bonchev–Trinajstić information content (AvgIpc) is 3.27. The molecular weight excluding hydrogens is 436 g/mol. The van der Waals surface area contributed by atoms with Crippen LogP contribution in [-0.2, 0) is 0 Å². The average molecular weight is 461 g/mol. The van der Waals surface area contributed by atoms with Gasteiger partial charge >= 0.3 is 0 Å². The van der Waals surface area contributed by atoms with Crippen LogP contribution in [0.4, 0.5) is 16.6 Å². The number of methoxy groups -OCH3 is 1. The third-order valence-corrected chi connectivity index (χ3v) is 6.52. The highest BCUT2D eigenvalue weighted by molar-refractivity contribution is 7.15. The molecule has 1 N–H and O–H groups in total. The molecule has 0 bridgehead atoms. The van der Waals surface area contributed by atoms with E-state index in [4.69, 9.17) is 9.72 Å². The molecule has 4 aromatic rings. The number of pyridine rings is 1. The van der Waals surface area contributed by atoms with Crippen molar-refractivity contribution >= 4 is 44.7 Å². The van der Waals surface area contributed by atoms with E-state index >= 15 is 0 Å². The van der Waals surface area contributed by atoms with E-state index in [0.29, 0.717) is 10.7 Å². The maximum atomic E-state index is 12.9. The number of hydrogen-bond donors (Lipinski definition) is 1. The summed E-state index contributed by atoms with van der Waals surface area (Å²) < 4.78 is 5.53. The molecule has 0 aliphatic carbocycles. The maximum Gasteiger partial charge on any atom is 0.259 e. The van der Waals surface area contributed by atoms with Gasteiger partial charge in [0.1, 0.15) is 16.6 Å². The second-order valence-corrected chi connectivity index (χ2v) is 8.95. The third kappa shape index (κ3) is 4.19. The van der Waals surface area contributed by atoms with Crippen molar-refractivity contribution in [3.8, 4) is 5.75 Å². The van der Waals surface area contributed by atoms with Gasteiger partial charge in [-0.05, 0) is 24.4 Å². The van der Waals surface area contributed by atoms with E-state index in [0.717, 1.165) is 59.2 Å². The predicted molar refractivity (Wildman–Crippen MR) is 132 cm³/mol. The number of amides is 1. The zero-order chi connectivity index (χ0) is 22.8. The number of rotatable bonds is 5. The first-order valence-corrected chi connectivity index (χ1v) is 11.6. The summed E-state index contributed by atoms with van der Waals surface area (Å²) in [5.41, 5.74) is 1.63. The van der Waals surface area contributed by atoms with Crippen molar-refractivity contribution in [2.75, 3.05) is 48.4 Å². The SMILES string of the molecule is COc1ccccc1N1CCN(c2ncc(C(=O)Nc3nnc(C)s3)c3ccccc23)CC1. The molecule has 1 fully saturated rings. The van der Waals surface area contributed by atoms with Crippen LogP contribution in [0.15, 0.2) is 54.7 Å². The van der Waals surface area contributed by atoms with Crippen molar-refractivity contribution in [1.29, 1.82) is 0 Å². The fraction of sp³-hybridized carbons (Fsp3) is 0.250. The molecular formula is C24H24N6O2S. The first-order chi connectivity index (χ1) is 16.1. The lowest BCUT2D eigenvalue weighted by Crippen LogP contribution is -2.47. The summed E-state index contributed by atoms with van der Waals surface area (Å²) in [6.45, 7) is 5.21. The number of nitrogens with one attached hydrogen (secondary N) is 1. The summed E-state index contributed by atoms with van der Waals surface area (Å²) in [5, 5.41) is 13.9. The number of benzene rings is 2. The number of aromatic nitrogens is 3. The van der Waals surface area contributed by atoms with Crippen LogP contribution in [0.1, 0.15) is 15.4 Å². The fourth-order valence-electron chi connectivity index (χ4n) is 4.17. The summed E-state index contributed by atoms with van der Waals surface area (Å²) in [4.78, 5) is 22.3. The second kappa shape index (κ2) is 9.03. The Hall–Kier alpha value is -3.72. The van der Waals surface area contributed by atoms with Crippen LogP contribution >= 0.6 is 11.3 Å². The van der Waals surface area contributed by atoms with E-state index in [1.165, 1.54) is 11.3 Å². The van der Waals surface area contributed by atoms with E-state index in [9.17, 15) is 4.79 Å². The number of carbonyl (C=O) groups excluding carboxylic acids is 1. The molecule has 1 aliphatic rings. The number of carbonyl (C=O) groups is 1. The number of ether oxygens (including phenoxy) is 1. The Morgan fingerprint density at radius 1 is 0.970 bits per heavy atom. The Balaban J connectivity index is 1.39.